The van der Waals surface area contributed by atoms with E-state index in [4.69, 9.17) is 9.47 Å². The second-order valence-corrected chi connectivity index (χ2v) is 6.81. The average molecular weight is 365 g/mol. The van der Waals surface area contributed by atoms with Crippen LogP contribution in [0.1, 0.15) is 16.8 Å². The number of aromatic nitrogens is 1. The Kier molecular flexibility index (Phi) is 7.08. The minimum Gasteiger partial charge on any atom is -0.497 e. The zero-order valence-corrected chi connectivity index (χ0v) is 16.2. The Morgan fingerprint density at radius 3 is 2.44 bits per heavy atom. The summed E-state index contributed by atoms with van der Waals surface area (Å²) in [6, 6.07) is 23.3. The van der Waals surface area contributed by atoms with Gasteiger partial charge in [0.25, 0.3) is 0 Å². The van der Waals surface area contributed by atoms with Gasteiger partial charge in [-0.2, -0.15) is 0 Å². The lowest BCUT2D eigenvalue weighted by Crippen LogP contribution is -3.10. The van der Waals surface area contributed by atoms with Crippen LogP contribution in [0.25, 0.3) is 0 Å². The normalized spacial score (nSPS) is 12.1. The van der Waals surface area contributed by atoms with Crippen molar-refractivity contribution in [2.24, 2.45) is 0 Å². The highest BCUT2D eigenvalue weighted by molar-refractivity contribution is 5.29. The number of hydrogen-bond donors (Lipinski definition) is 1. The average Bonchev–Trinajstić information content (AvgIpc) is 3.13. The monoisotopic (exact) mass is 365 g/mol. The van der Waals surface area contributed by atoms with E-state index >= 15 is 0 Å². The van der Waals surface area contributed by atoms with Gasteiger partial charge in [-0.1, -0.05) is 42.5 Å². The van der Waals surface area contributed by atoms with E-state index < -0.39 is 0 Å². The third-order valence-electron chi connectivity index (χ3n) is 4.80. The van der Waals surface area contributed by atoms with Crippen LogP contribution in [0.2, 0.25) is 0 Å². The predicted molar refractivity (Wildman–Crippen MR) is 108 cm³/mol. The van der Waals surface area contributed by atoms with Crippen molar-refractivity contribution in [3.8, 4) is 5.75 Å². The quantitative estimate of drug-likeness (QED) is 0.598. The Bertz CT molecular complexity index is 814. The molecule has 0 amide bonds. The van der Waals surface area contributed by atoms with Gasteiger partial charge in [0.05, 0.1) is 19.4 Å². The lowest BCUT2D eigenvalue weighted by atomic mass is 10.2. The van der Waals surface area contributed by atoms with Gasteiger partial charge in [0.1, 0.15) is 25.4 Å². The van der Waals surface area contributed by atoms with Gasteiger partial charge in [-0.15, -0.1) is 0 Å². The Hall–Kier alpha value is -2.56. The first-order chi connectivity index (χ1) is 13.3. The number of rotatable bonds is 10. The van der Waals surface area contributed by atoms with Crippen molar-refractivity contribution < 1.29 is 14.4 Å². The van der Waals surface area contributed by atoms with Crippen molar-refractivity contribution in [2.45, 2.75) is 19.6 Å². The smallest absolute Gasteiger partial charge is 0.119 e. The summed E-state index contributed by atoms with van der Waals surface area (Å²) >= 11 is 0. The van der Waals surface area contributed by atoms with E-state index in [1.807, 2.05) is 12.1 Å². The van der Waals surface area contributed by atoms with E-state index in [-0.39, 0.29) is 0 Å². The zero-order chi connectivity index (χ0) is 18.9. The first-order valence-corrected chi connectivity index (χ1v) is 9.42. The highest BCUT2D eigenvalue weighted by Gasteiger charge is 2.13. The lowest BCUT2D eigenvalue weighted by Gasteiger charge is -2.20. The summed E-state index contributed by atoms with van der Waals surface area (Å²) in [5.41, 5.74) is 3.93. The standard InChI is InChI=1S/C23H28N2O2/c1-26-15-14-24(17-20-8-4-3-5-9-20)19-22-11-7-13-25(22)18-21-10-6-12-23(16-21)27-2/h3-13,16H,14-15,17-19H2,1-2H3/p+1. The summed E-state index contributed by atoms with van der Waals surface area (Å²) in [5.74, 6) is 0.901. The molecule has 1 atom stereocenters. The molecule has 142 valence electrons. The van der Waals surface area contributed by atoms with E-state index in [0.29, 0.717) is 0 Å². The molecule has 0 bridgehead atoms. The molecule has 4 nitrogen and oxygen atoms in total. The fraction of sp³-hybridized carbons (Fsp3) is 0.304. The second kappa shape index (κ2) is 9.95. The van der Waals surface area contributed by atoms with Gasteiger partial charge in [-0.3, -0.25) is 0 Å². The van der Waals surface area contributed by atoms with Crippen molar-refractivity contribution in [1.82, 2.24) is 4.57 Å². The number of hydrogen-bond acceptors (Lipinski definition) is 2. The largest absolute Gasteiger partial charge is 0.497 e. The summed E-state index contributed by atoms with van der Waals surface area (Å²) in [6.07, 6.45) is 2.16. The molecule has 0 radical (unpaired) electrons. The highest BCUT2D eigenvalue weighted by Crippen LogP contribution is 2.14. The van der Waals surface area contributed by atoms with Crippen LogP contribution >= 0.6 is 0 Å². The molecule has 0 spiro atoms. The molecular weight excluding hydrogens is 336 g/mol. The zero-order valence-electron chi connectivity index (χ0n) is 16.2. The maximum Gasteiger partial charge on any atom is 0.119 e. The van der Waals surface area contributed by atoms with E-state index in [0.717, 1.165) is 38.5 Å². The molecule has 0 aliphatic heterocycles. The van der Waals surface area contributed by atoms with Crippen LogP contribution in [-0.4, -0.2) is 31.9 Å². The molecule has 1 unspecified atom stereocenters. The third kappa shape index (κ3) is 5.71. The lowest BCUT2D eigenvalue weighted by molar-refractivity contribution is -0.928. The molecule has 0 aliphatic rings. The van der Waals surface area contributed by atoms with E-state index in [1.54, 1.807) is 14.2 Å². The SMILES string of the molecule is COCC[NH+](Cc1ccccc1)Cc1cccn1Cc1cccc(OC)c1. The van der Waals surface area contributed by atoms with Crippen LogP contribution in [0, 0.1) is 0 Å². The fourth-order valence-electron chi connectivity index (χ4n) is 3.36. The number of nitrogens with zero attached hydrogens (tertiary/aromatic N) is 1. The maximum absolute atomic E-state index is 5.35. The third-order valence-corrected chi connectivity index (χ3v) is 4.80. The number of methoxy groups -OCH3 is 2. The summed E-state index contributed by atoms with van der Waals surface area (Å²) < 4.78 is 13.0. The van der Waals surface area contributed by atoms with Crippen LogP contribution in [0.3, 0.4) is 0 Å². The Balaban J connectivity index is 1.71. The van der Waals surface area contributed by atoms with Crippen LogP contribution in [0.5, 0.6) is 5.75 Å². The molecule has 0 saturated heterocycles. The molecule has 4 heteroatoms. The molecule has 1 heterocycles. The second-order valence-electron chi connectivity index (χ2n) is 6.81. The Morgan fingerprint density at radius 2 is 1.67 bits per heavy atom. The molecule has 3 aromatic rings. The van der Waals surface area contributed by atoms with E-state index in [1.165, 1.54) is 21.7 Å². The van der Waals surface area contributed by atoms with Crippen LogP contribution < -0.4 is 9.64 Å². The van der Waals surface area contributed by atoms with Gasteiger partial charge >= 0.3 is 0 Å². The Labute approximate surface area is 162 Å². The van der Waals surface area contributed by atoms with Crippen molar-refractivity contribution in [3.63, 3.8) is 0 Å². The molecule has 0 fully saturated rings. The topological polar surface area (TPSA) is 27.8 Å². The van der Waals surface area contributed by atoms with Gasteiger partial charge in [0.15, 0.2) is 0 Å². The Morgan fingerprint density at radius 1 is 0.852 bits per heavy atom. The van der Waals surface area contributed by atoms with Gasteiger partial charge < -0.3 is 18.9 Å². The molecule has 1 N–H and O–H groups in total. The van der Waals surface area contributed by atoms with Crippen LogP contribution in [0.4, 0.5) is 0 Å². The number of nitrogens with one attached hydrogen (secondary N) is 1. The maximum atomic E-state index is 5.35. The predicted octanol–water partition coefficient (Wildman–Crippen LogP) is 2.78. The van der Waals surface area contributed by atoms with Gasteiger partial charge in [-0.05, 0) is 29.8 Å². The van der Waals surface area contributed by atoms with E-state index in [9.17, 15) is 0 Å². The summed E-state index contributed by atoms with van der Waals surface area (Å²) in [7, 11) is 3.48. The van der Waals surface area contributed by atoms with E-state index in [2.05, 4.69) is 65.4 Å². The van der Waals surface area contributed by atoms with Crippen LogP contribution in [-0.2, 0) is 24.4 Å². The van der Waals surface area contributed by atoms with Crippen molar-refractivity contribution >= 4 is 0 Å². The first-order valence-electron chi connectivity index (χ1n) is 9.42. The minimum atomic E-state index is 0.763. The molecule has 0 saturated carbocycles. The first kappa shape index (κ1) is 19.2. The molecule has 3 rings (SSSR count). The van der Waals surface area contributed by atoms with Gasteiger partial charge in [0.2, 0.25) is 0 Å². The number of quaternary nitrogens is 1. The highest BCUT2D eigenvalue weighted by atomic mass is 16.5. The molecule has 2 aromatic carbocycles. The number of benzene rings is 2. The van der Waals surface area contributed by atoms with Crippen molar-refractivity contribution in [3.05, 3.63) is 89.7 Å². The summed E-state index contributed by atoms with van der Waals surface area (Å²) in [4.78, 5) is 1.49. The minimum absolute atomic E-state index is 0.763. The van der Waals surface area contributed by atoms with Gasteiger partial charge in [0, 0.05) is 25.4 Å². The molecule has 1 aromatic heterocycles. The van der Waals surface area contributed by atoms with Crippen molar-refractivity contribution in [2.75, 3.05) is 27.4 Å². The molecular formula is C23H29N2O2+. The molecule has 0 aliphatic carbocycles. The molecule has 27 heavy (non-hydrogen) atoms. The fourth-order valence-corrected chi connectivity index (χ4v) is 3.36. The number of ether oxygens (including phenoxy) is 2. The summed E-state index contributed by atoms with van der Waals surface area (Å²) in [6.45, 7) is 4.56. The van der Waals surface area contributed by atoms with Crippen LogP contribution in [0.15, 0.2) is 72.9 Å². The summed E-state index contributed by atoms with van der Waals surface area (Å²) in [5, 5.41) is 0. The van der Waals surface area contributed by atoms with Gasteiger partial charge in [-0.25, -0.2) is 0 Å². The van der Waals surface area contributed by atoms with Crippen molar-refractivity contribution in [1.29, 1.82) is 0 Å².